The zero-order valence-electron chi connectivity index (χ0n) is 17.3. The molecule has 166 valence electrons. The minimum Gasteiger partial charge on any atom is -0.497 e. The normalized spacial score (nSPS) is 29.6. The number of likely N-dealkylation sites (tertiary alicyclic amines) is 1. The van der Waals surface area contributed by atoms with Crippen LogP contribution in [0.1, 0.15) is 44.9 Å². The van der Waals surface area contributed by atoms with Gasteiger partial charge in [0, 0.05) is 12.6 Å². The van der Waals surface area contributed by atoms with Gasteiger partial charge in [-0.05, 0) is 62.8 Å². The number of carbonyl (C=O) groups is 1. The molecule has 9 heteroatoms. The molecule has 0 spiro atoms. The van der Waals surface area contributed by atoms with Crippen LogP contribution in [0, 0.1) is 0 Å². The highest BCUT2D eigenvalue weighted by Gasteiger charge is 2.48. The lowest BCUT2D eigenvalue weighted by Gasteiger charge is -2.48. The predicted molar refractivity (Wildman–Crippen MR) is 110 cm³/mol. The van der Waals surface area contributed by atoms with Gasteiger partial charge >= 0.3 is 6.09 Å². The quantitative estimate of drug-likeness (QED) is 0.758. The number of ether oxygens (including phenoxy) is 2. The van der Waals surface area contributed by atoms with E-state index in [1.807, 2.05) is 0 Å². The summed E-state index contributed by atoms with van der Waals surface area (Å²) in [5.41, 5.74) is 0. The smallest absolute Gasteiger partial charge is 0.410 e. The Balaban J connectivity index is 1.55. The maximum absolute atomic E-state index is 13.5. The van der Waals surface area contributed by atoms with E-state index >= 15 is 0 Å². The number of piperidine rings is 2. The fourth-order valence-corrected chi connectivity index (χ4v) is 7.03. The number of nitrogens with zero attached hydrogens (tertiary/aromatic N) is 2. The standard InChI is InChI=1S/C21H30N2O6S/c1-28-17-8-10-18(11-9-17)30(26,27)23-15-4-2-6-19(23)20(12-7-15)29-21(25)22-13-3-5-16(22)14-24/h8-11,15-16,19-20,24H,2-7,12-14H2,1H3/t15?,16-,19?,20-/m0/s1. The van der Waals surface area contributed by atoms with Crippen molar-refractivity contribution in [3.8, 4) is 5.75 Å². The number of aliphatic hydroxyl groups is 1. The Kier molecular flexibility index (Phi) is 6.22. The van der Waals surface area contributed by atoms with E-state index in [4.69, 9.17) is 9.47 Å². The van der Waals surface area contributed by atoms with Crippen LogP contribution < -0.4 is 4.74 Å². The first kappa shape index (κ1) is 21.4. The fourth-order valence-electron chi connectivity index (χ4n) is 5.10. The first-order valence-corrected chi connectivity index (χ1v) is 12.2. The molecule has 0 radical (unpaired) electrons. The molecule has 1 aromatic carbocycles. The van der Waals surface area contributed by atoms with E-state index in [9.17, 15) is 18.3 Å². The van der Waals surface area contributed by atoms with Crippen LogP contribution in [-0.4, -0.2) is 73.3 Å². The summed E-state index contributed by atoms with van der Waals surface area (Å²) >= 11 is 0. The van der Waals surface area contributed by atoms with Gasteiger partial charge in [0.2, 0.25) is 10.0 Å². The van der Waals surface area contributed by atoms with Gasteiger partial charge < -0.3 is 19.5 Å². The van der Waals surface area contributed by atoms with Crippen LogP contribution >= 0.6 is 0 Å². The number of methoxy groups -OCH3 is 1. The van der Waals surface area contributed by atoms with Gasteiger partial charge in [0.15, 0.2) is 0 Å². The first-order valence-electron chi connectivity index (χ1n) is 10.7. The van der Waals surface area contributed by atoms with Gasteiger partial charge in [-0.3, -0.25) is 0 Å². The molecule has 1 amide bonds. The number of hydrogen-bond donors (Lipinski definition) is 1. The molecule has 2 unspecified atom stereocenters. The van der Waals surface area contributed by atoms with Crippen molar-refractivity contribution in [3.63, 3.8) is 0 Å². The van der Waals surface area contributed by atoms with E-state index in [2.05, 4.69) is 0 Å². The Hall–Kier alpha value is -1.84. The molecular weight excluding hydrogens is 408 g/mol. The van der Waals surface area contributed by atoms with Gasteiger partial charge in [-0.1, -0.05) is 6.42 Å². The van der Waals surface area contributed by atoms with Gasteiger partial charge in [0.1, 0.15) is 11.9 Å². The molecule has 3 aliphatic heterocycles. The maximum Gasteiger partial charge on any atom is 0.410 e. The number of hydrogen-bond acceptors (Lipinski definition) is 6. The molecule has 2 bridgehead atoms. The summed E-state index contributed by atoms with van der Waals surface area (Å²) in [6, 6.07) is 5.79. The Bertz CT molecular complexity index is 859. The van der Waals surface area contributed by atoms with Crippen molar-refractivity contribution in [2.24, 2.45) is 0 Å². The third kappa shape index (κ3) is 3.90. The summed E-state index contributed by atoms with van der Waals surface area (Å²) in [5.74, 6) is 0.601. The molecule has 4 atom stereocenters. The molecule has 0 aromatic heterocycles. The SMILES string of the molecule is COc1ccc(S(=O)(=O)N2C3CCCC2[C@@H](OC(=O)N2CCC[C@H]2CO)CC3)cc1. The van der Waals surface area contributed by atoms with Gasteiger partial charge in [-0.2, -0.15) is 4.31 Å². The molecule has 1 N–H and O–H groups in total. The van der Waals surface area contributed by atoms with Crippen molar-refractivity contribution in [2.45, 2.75) is 74.1 Å². The van der Waals surface area contributed by atoms with E-state index < -0.39 is 22.2 Å². The molecule has 30 heavy (non-hydrogen) atoms. The molecule has 4 rings (SSSR count). The molecule has 3 fully saturated rings. The highest BCUT2D eigenvalue weighted by molar-refractivity contribution is 7.89. The predicted octanol–water partition coefficient (Wildman–Crippen LogP) is 2.36. The second kappa shape index (κ2) is 8.72. The van der Waals surface area contributed by atoms with E-state index in [1.165, 1.54) is 0 Å². The van der Waals surface area contributed by atoms with Crippen molar-refractivity contribution in [2.75, 3.05) is 20.3 Å². The molecule has 0 aliphatic carbocycles. The Morgan fingerprint density at radius 3 is 2.57 bits per heavy atom. The number of carbonyl (C=O) groups excluding carboxylic acids is 1. The number of amides is 1. The minimum absolute atomic E-state index is 0.0669. The van der Waals surface area contributed by atoms with Crippen molar-refractivity contribution >= 4 is 16.1 Å². The second-order valence-corrected chi connectivity index (χ2v) is 10.2. The Morgan fingerprint density at radius 1 is 1.10 bits per heavy atom. The van der Waals surface area contributed by atoms with E-state index in [-0.39, 0.29) is 29.6 Å². The molecule has 3 heterocycles. The maximum atomic E-state index is 13.5. The number of benzene rings is 1. The summed E-state index contributed by atoms with van der Waals surface area (Å²) in [6.45, 7) is 0.487. The van der Waals surface area contributed by atoms with Crippen molar-refractivity contribution in [1.82, 2.24) is 9.21 Å². The average molecular weight is 439 g/mol. The molecule has 3 saturated heterocycles. The van der Waals surface area contributed by atoms with Crippen LogP contribution in [0.4, 0.5) is 4.79 Å². The van der Waals surface area contributed by atoms with Crippen LogP contribution in [0.3, 0.4) is 0 Å². The zero-order chi connectivity index (χ0) is 21.3. The van der Waals surface area contributed by atoms with Crippen molar-refractivity contribution in [1.29, 1.82) is 0 Å². The lowest BCUT2D eigenvalue weighted by molar-refractivity contribution is -0.0278. The van der Waals surface area contributed by atoms with Crippen LogP contribution in [0.25, 0.3) is 0 Å². The number of sulfonamides is 1. The molecule has 3 aliphatic rings. The number of aliphatic hydroxyl groups excluding tert-OH is 1. The fraction of sp³-hybridized carbons (Fsp3) is 0.667. The second-order valence-electron chi connectivity index (χ2n) is 8.33. The van der Waals surface area contributed by atoms with Crippen molar-refractivity contribution < 1.29 is 27.8 Å². The monoisotopic (exact) mass is 438 g/mol. The third-order valence-corrected chi connectivity index (χ3v) is 8.64. The summed E-state index contributed by atoms with van der Waals surface area (Å²) in [6.07, 6.45) is 4.44. The average Bonchev–Trinajstić information content (AvgIpc) is 3.24. The number of rotatable bonds is 5. The highest BCUT2D eigenvalue weighted by Crippen LogP contribution is 2.40. The van der Waals surface area contributed by atoms with Crippen molar-refractivity contribution in [3.05, 3.63) is 24.3 Å². The molecular formula is C21H30N2O6S. The summed E-state index contributed by atoms with van der Waals surface area (Å²) in [5, 5.41) is 9.50. The Morgan fingerprint density at radius 2 is 1.87 bits per heavy atom. The van der Waals surface area contributed by atoms with Crippen LogP contribution in [0.5, 0.6) is 5.75 Å². The lowest BCUT2D eigenvalue weighted by atomic mass is 9.85. The summed E-state index contributed by atoms with van der Waals surface area (Å²) in [4.78, 5) is 14.6. The largest absolute Gasteiger partial charge is 0.497 e. The zero-order valence-corrected chi connectivity index (χ0v) is 18.1. The molecule has 1 aromatic rings. The third-order valence-electron chi connectivity index (χ3n) is 6.65. The molecule has 0 saturated carbocycles. The summed E-state index contributed by atoms with van der Waals surface area (Å²) in [7, 11) is -2.18. The number of fused-ring (bicyclic) bond motifs is 2. The van der Waals surface area contributed by atoms with Crippen LogP contribution in [0.15, 0.2) is 29.2 Å². The molecule has 8 nitrogen and oxygen atoms in total. The highest BCUT2D eigenvalue weighted by atomic mass is 32.2. The van der Waals surface area contributed by atoms with Gasteiger partial charge in [0.05, 0.1) is 30.7 Å². The first-order chi connectivity index (χ1) is 14.5. The van der Waals surface area contributed by atoms with Gasteiger partial charge in [-0.25, -0.2) is 13.2 Å². The van der Waals surface area contributed by atoms with Gasteiger partial charge in [-0.15, -0.1) is 0 Å². The summed E-state index contributed by atoms with van der Waals surface area (Å²) < 4.78 is 39.5. The van der Waals surface area contributed by atoms with E-state index in [1.54, 1.807) is 40.6 Å². The topological polar surface area (TPSA) is 96.4 Å². The lowest BCUT2D eigenvalue weighted by Crippen LogP contribution is -2.59. The van der Waals surface area contributed by atoms with Gasteiger partial charge in [0.25, 0.3) is 0 Å². The van der Waals surface area contributed by atoms with Crippen LogP contribution in [-0.2, 0) is 14.8 Å². The Labute approximate surface area is 177 Å². The minimum atomic E-state index is -3.72. The van der Waals surface area contributed by atoms with Crippen LogP contribution in [0.2, 0.25) is 0 Å². The van der Waals surface area contributed by atoms with E-state index in [0.29, 0.717) is 31.6 Å². The van der Waals surface area contributed by atoms with E-state index in [0.717, 1.165) is 25.7 Å².